The second-order valence-electron chi connectivity index (χ2n) is 6.06. The molecule has 4 nitrogen and oxygen atoms in total. The normalized spacial score (nSPS) is 10.5. The highest BCUT2D eigenvalue weighted by Gasteiger charge is 2.15. The van der Waals surface area contributed by atoms with Crippen molar-refractivity contribution in [3.05, 3.63) is 59.4 Å². The molecule has 1 amide bonds. The number of nitrogens with zero attached hydrogens (tertiary/aromatic N) is 2. The van der Waals surface area contributed by atoms with Gasteiger partial charge in [0.25, 0.3) is 5.91 Å². The number of rotatable bonds is 8. The molecule has 0 aliphatic rings. The van der Waals surface area contributed by atoms with Crippen molar-refractivity contribution in [3.8, 4) is 0 Å². The highest BCUT2D eigenvalue weighted by atomic mass is 16.2. The molecule has 0 fully saturated rings. The Labute approximate surface area is 144 Å². The number of benzene rings is 1. The molecule has 24 heavy (non-hydrogen) atoms. The molecule has 2 aromatic rings. The van der Waals surface area contributed by atoms with Gasteiger partial charge in [-0.15, -0.1) is 0 Å². The van der Waals surface area contributed by atoms with Gasteiger partial charge in [-0.2, -0.15) is 0 Å². The summed E-state index contributed by atoms with van der Waals surface area (Å²) in [5.74, 6) is 0.0119. The highest BCUT2D eigenvalue weighted by molar-refractivity contribution is 5.93. The summed E-state index contributed by atoms with van der Waals surface area (Å²) in [6, 6.07) is 12.1. The van der Waals surface area contributed by atoms with E-state index < -0.39 is 0 Å². The largest absolute Gasteiger partial charge is 0.381 e. The second kappa shape index (κ2) is 9.06. The van der Waals surface area contributed by atoms with Gasteiger partial charge in [-0.1, -0.05) is 43.7 Å². The number of carbonyl (C=O) groups excluding carboxylic acids is 1. The summed E-state index contributed by atoms with van der Waals surface area (Å²) in [6.45, 7) is 8.53. The molecule has 1 N–H and O–H groups in total. The third-order valence-electron chi connectivity index (χ3n) is 3.83. The Morgan fingerprint density at radius 2 is 1.88 bits per heavy atom. The van der Waals surface area contributed by atoms with Crippen LogP contribution < -0.4 is 5.32 Å². The minimum atomic E-state index is 0.0119. The quantitative estimate of drug-likeness (QED) is 0.788. The van der Waals surface area contributed by atoms with Crippen LogP contribution >= 0.6 is 0 Å². The number of hydrogen-bond acceptors (Lipinski definition) is 3. The molecule has 0 aliphatic heterocycles. The van der Waals surface area contributed by atoms with E-state index in [0.717, 1.165) is 38.2 Å². The Balaban J connectivity index is 2.06. The van der Waals surface area contributed by atoms with Gasteiger partial charge in [-0.05, 0) is 37.5 Å². The van der Waals surface area contributed by atoms with Gasteiger partial charge < -0.3 is 10.2 Å². The van der Waals surface area contributed by atoms with Crippen LogP contribution in [0.4, 0.5) is 5.69 Å². The molecule has 0 saturated carbocycles. The van der Waals surface area contributed by atoms with Gasteiger partial charge in [0.05, 0.1) is 0 Å². The molecular weight excluding hydrogens is 298 g/mol. The molecule has 0 saturated heterocycles. The van der Waals surface area contributed by atoms with E-state index in [0.29, 0.717) is 5.69 Å². The molecule has 0 unspecified atom stereocenters. The monoisotopic (exact) mass is 325 g/mol. The van der Waals surface area contributed by atoms with Gasteiger partial charge in [0.2, 0.25) is 0 Å². The van der Waals surface area contributed by atoms with Crippen LogP contribution in [0.2, 0.25) is 0 Å². The maximum atomic E-state index is 12.6. The molecule has 0 atom stereocenters. The van der Waals surface area contributed by atoms with Crippen LogP contribution in [0.5, 0.6) is 0 Å². The maximum Gasteiger partial charge on any atom is 0.272 e. The van der Waals surface area contributed by atoms with Crippen LogP contribution in [0.1, 0.15) is 48.3 Å². The van der Waals surface area contributed by atoms with Crippen LogP contribution in [0.25, 0.3) is 0 Å². The van der Waals surface area contributed by atoms with Gasteiger partial charge in [0.1, 0.15) is 5.69 Å². The second-order valence-corrected chi connectivity index (χ2v) is 6.06. The molecule has 0 bridgehead atoms. The lowest BCUT2D eigenvalue weighted by atomic mass is 10.1. The fourth-order valence-electron chi connectivity index (χ4n) is 2.70. The summed E-state index contributed by atoms with van der Waals surface area (Å²) in [5.41, 5.74) is 3.89. The zero-order chi connectivity index (χ0) is 17.4. The van der Waals surface area contributed by atoms with Crippen molar-refractivity contribution >= 4 is 11.6 Å². The third-order valence-corrected chi connectivity index (χ3v) is 3.83. The van der Waals surface area contributed by atoms with Gasteiger partial charge in [-0.3, -0.25) is 9.78 Å². The highest BCUT2D eigenvalue weighted by Crippen LogP contribution is 2.13. The van der Waals surface area contributed by atoms with Crippen LogP contribution in [-0.2, 0) is 6.54 Å². The predicted octanol–water partition coefficient (Wildman–Crippen LogP) is 4.26. The topological polar surface area (TPSA) is 45.2 Å². The number of anilines is 1. The first kappa shape index (κ1) is 18.0. The van der Waals surface area contributed by atoms with Crippen molar-refractivity contribution in [3.63, 3.8) is 0 Å². The van der Waals surface area contributed by atoms with E-state index in [4.69, 9.17) is 0 Å². The van der Waals surface area contributed by atoms with Crippen LogP contribution in [0.3, 0.4) is 0 Å². The predicted molar refractivity (Wildman–Crippen MR) is 99.2 cm³/mol. The Morgan fingerprint density at radius 3 is 2.54 bits per heavy atom. The molecule has 0 spiro atoms. The summed E-state index contributed by atoms with van der Waals surface area (Å²) >= 11 is 0. The molecular formula is C20H27N3O. The Bertz CT molecular complexity index is 663. The fourth-order valence-corrected chi connectivity index (χ4v) is 2.70. The first-order chi connectivity index (χ1) is 11.6. The van der Waals surface area contributed by atoms with E-state index in [1.54, 1.807) is 6.20 Å². The summed E-state index contributed by atoms with van der Waals surface area (Å²) < 4.78 is 0. The van der Waals surface area contributed by atoms with Crippen molar-refractivity contribution in [2.45, 2.75) is 40.2 Å². The zero-order valence-corrected chi connectivity index (χ0v) is 14.9. The molecule has 4 heteroatoms. The van der Waals surface area contributed by atoms with Crippen LogP contribution in [0.15, 0.2) is 42.6 Å². The van der Waals surface area contributed by atoms with Crippen molar-refractivity contribution < 1.29 is 4.79 Å². The van der Waals surface area contributed by atoms with Crippen LogP contribution in [-0.4, -0.2) is 28.9 Å². The van der Waals surface area contributed by atoms with Crippen molar-refractivity contribution in [1.29, 1.82) is 0 Å². The first-order valence-electron chi connectivity index (χ1n) is 8.68. The van der Waals surface area contributed by atoms with Crippen molar-refractivity contribution in [2.75, 3.05) is 18.4 Å². The lowest BCUT2D eigenvalue weighted by molar-refractivity contribution is 0.0749. The van der Waals surface area contributed by atoms with Crippen LogP contribution in [0, 0.1) is 6.92 Å². The molecule has 2 rings (SSSR count). The maximum absolute atomic E-state index is 12.6. The third kappa shape index (κ3) is 5.08. The SMILES string of the molecule is CCCN(CCC)C(=O)c1cc(NCc2cccc(C)c2)ccn1. The van der Waals surface area contributed by atoms with Gasteiger partial charge >= 0.3 is 0 Å². The Morgan fingerprint density at radius 1 is 1.12 bits per heavy atom. The molecule has 0 radical (unpaired) electrons. The van der Waals surface area contributed by atoms with Crippen molar-refractivity contribution in [2.24, 2.45) is 0 Å². The van der Waals surface area contributed by atoms with E-state index >= 15 is 0 Å². The minimum Gasteiger partial charge on any atom is -0.381 e. The molecule has 1 aromatic carbocycles. The smallest absolute Gasteiger partial charge is 0.272 e. The number of aryl methyl sites for hydroxylation is 1. The summed E-state index contributed by atoms with van der Waals surface area (Å²) in [6.07, 6.45) is 3.61. The summed E-state index contributed by atoms with van der Waals surface area (Å²) in [7, 11) is 0. The van der Waals surface area contributed by atoms with E-state index in [-0.39, 0.29) is 5.91 Å². The van der Waals surface area contributed by atoms with E-state index in [1.165, 1.54) is 11.1 Å². The molecule has 128 valence electrons. The lowest BCUT2D eigenvalue weighted by Crippen LogP contribution is -2.33. The number of hydrogen-bond donors (Lipinski definition) is 1. The molecule has 1 heterocycles. The van der Waals surface area contributed by atoms with Gasteiger partial charge in [0, 0.05) is 31.5 Å². The average Bonchev–Trinajstić information content (AvgIpc) is 2.59. The number of nitrogens with one attached hydrogen (secondary N) is 1. The molecule has 1 aromatic heterocycles. The Hall–Kier alpha value is -2.36. The summed E-state index contributed by atoms with van der Waals surface area (Å²) in [4.78, 5) is 18.8. The number of amides is 1. The minimum absolute atomic E-state index is 0.0119. The van der Waals surface area contributed by atoms with E-state index in [9.17, 15) is 4.79 Å². The Kier molecular flexibility index (Phi) is 6.79. The summed E-state index contributed by atoms with van der Waals surface area (Å²) in [5, 5.41) is 3.38. The number of aromatic nitrogens is 1. The average molecular weight is 325 g/mol. The molecule has 0 aliphatic carbocycles. The number of pyridine rings is 1. The number of carbonyl (C=O) groups is 1. The standard InChI is InChI=1S/C20H27N3O/c1-4-11-23(12-5-2)20(24)19-14-18(9-10-21-19)22-15-17-8-6-7-16(3)13-17/h6-10,13-14H,4-5,11-12,15H2,1-3H3,(H,21,22). The van der Waals surface area contributed by atoms with Gasteiger partial charge in [0.15, 0.2) is 0 Å². The first-order valence-corrected chi connectivity index (χ1v) is 8.68. The van der Waals surface area contributed by atoms with Crippen molar-refractivity contribution in [1.82, 2.24) is 9.88 Å². The fraction of sp³-hybridized carbons (Fsp3) is 0.400. The zero-order valence-electron chi connectivity index (χ0n) is 14.9. The van der Waals surface area contributed by atoms with E-state index in [2.05, 4.69) is 55.3 Å². The lowest BCUT2D eigenvalue weighted by Gasteiger charge is -2.21. The van der Waals surface area contributed by atoms with Gasteiger partial charge in [-0.25, -0.2) is 0 Å². The van der Waals surface area contributed by atoms with E-state index in [1.807, 2.05) is 17.0 Å².